The molecule has 0 aromatic heterocycles. The summed E-state index contributed by atoms with van der Waals surface area (Å²) in [5.41, 5.74) is 0. The van der Waals surface area contributed by atoms with Gasteiger partial charge < -0.3 is 10.1 Å². The Balaban J connectivity index is -0.000000197. The van der Waals surface area contributed by atoms with Crippen molar-refractivity contribution >= 4 is 21.7 Å². The lowest BCUT2D eigenvalue weighted by Gasteiger charge is -1.93. The molecule has 0 rings (SSSR count). The topological polar surface area (TPSA) is 92.3 Å². The van der Waals surface area contributed by atoms with Crippen LogP contribution in [-0.2, 0) is 19.6 Å². The number of sulfonamides is 1. The van der Waals surface area contributed by atoms with Gasteiger partial charge in [-0.1, -0.05) is 6.92 Å². The van der Waals surface area contributed by atoms with E-state index < -0.39 is 22.9 Å². The molecule has 0 radical (unpaired) electrons. The first-order valence-electron chi connectivity index (χ1n) is 5.61. The van der Waals surface area contributed by atoms with E-state index in [-0.39, 0.29) is 5.78 Å². The summed E-state index contributed by atoms with van der Waals surface area (Å²) in [7, 11) is -1.75. The predicted octanol–water partition coefficient (Wildman–Crippen LogP) is -0.0969. The lowest BCUT2D eigenvalue weighted by Crippen LogP contribution is -2.26. The molecule has 0 unspecified atom stereocenters. The lowest BCUT2D eigenvalue weighted by molar-refractivity contribution is -0.117. The minimum absolute atomic E-state index is 0.255. The van der Waals surface area contributed by atoms with Crippen LogP contribution in [0.3, 0.4) is 0 Å². The highest BCUT2D eigenvalue weighted by Gasteiger charge is 1.99. The molecule has 0 aliphatic rings. The Morgan fingerprint density at radius 2 is 1.62 bits per heavy atom. The molecule has 2 N–H and O–H groups in total. The average Bonchev–Trinajstić information content (AvgIpc) is 2.15. The summed E-state index contributed by atoms with van der Waals surface area (Å²) in [6, 6.07) is 0. The van der Waals surface area contributed by atoms with Crippen LogP contribution in [0.5, 0.6) is 0 Å². The summed E-state index contributed by atoms with van der Waals surface area (Å²) in [6.07, 6.45) is 1.59. The quantitative estimate of drug-likeness (QED) is 0.722. The van der Waals surface area contributed by atoms with Gasteiger partial charge in [0.2, 0.25) is 15.9 Å². The minimum Gasteiger partial charge on any atom is -0.323 e. The van der Waals surface area contributed by atoms with Crippen molar-refractivity contribution in [2.45, 2.75) is 27.2 Å². The molecule has 0 saturated heterocycles. The van der Waals surface area contributed by atoms with Crippen LogP contribution in [0, 0.1) is 0 Å². The molecule has 0 aromatic carbocycles. The smallest absolute Gasteiger partial charge is 0.231 e. The van der Waals surface area contributed by atoms with E-state index in [1.54, 1.807) is 18.7 Å². The number of ketones is 1. The number of amides is 1. The van der Waals surface area contributed by atoms with Gasteiger partial charge in [-0.25, -0.2) is 8.42 Å². The van der Waals surface area contributed by atoms with Gasteiger partial charge in [-0.3, -0.25) is 9.52 Å². The molecule has 0 bridgehead atoms. The molecule has 0 aromatic rings. The zero-order valence-electron chi connectivity index (χ0n) is 12.3. The van der Waals surface area contributed by atoms with Gasteiger partial charge in [-0.2, -0.15) is 0 Å². The molecular formula is C9H22N2O4S. The SMILES string of the molecule is CC(=O)NS(C)(=O)=O.CCC(C)=O.[3H]C([3H])NC. The van der Waals surface area contributed by atoms with Crippen molar-refractivity contribution < 1.29 is 20.7 Å². The Labute approximate surface area is 101 Å². The van der Waals surface area contributed by atoms with E-state index >= 15 is 0 Å². The second kappa shape index (κ2) is 12.1. The van der Waals surface area contributed by atoms with Crippen molar-refractivity contribution in [3.05, 3.63) is 0 Å². The highest BCUT2D eigenvalue weighted by molar-refractivity contribution is 7.89. The molecule has 0 saturated carbocycles. The van der Waals surface area contributed by atoms with E-state index in [1.165, 1.54) is 0 Å². The second-order valence-corrected chi connectivity index (χ2v) is 4.52. The summed E-state index contributed by atoms with van der Waals surface area (Å²) in [5, 5.41) is 2.36. The molecule has 0 aliphatic heterocycles. The molecule has 98 valence electrons. The molecule has 7 heteroatoms. The first kappa shape index (κ1) is 15.0. The third-order valence-corrected chi connectivity index (χ3v) is 1.49. The zero-order valence-corrected chi connectivity index (χ0v) is 11.1. The lowest BCUT2D eigenvalue weighted by atomic mass is 10.4. The molecule has 1 amide bonds. The average molecular weight is 258 g/mol. The van der Waals surface area contributed by atoms with E-state index in [0.717, 1.165) is 13.2 Å². The number of carbonyl (C=O) groups excluding carboxylic acids is 2. The van der Waals surface area contributed by atoms with E-state index in [2.05, 4.69) is 5.32 Å². The van der Waals surface area contributed by atoms with Crippen LogP contribution in [0.15, 0.2) is 0 Å². The Hall–Kier alpha value is -0.950. The van der Waals surface area contributed by atoms with E-state index in [0.29, 0.717) is 6.42 Å². The van der Waals surface area contributed by atoms with Crippen molar-refractivity contribution in [3.8, 4) is 0 Å². The summed E-state index contributed by atoms with van der Waals surface area (Å²) < 4.78 is 34.7. The van der Waals surface area contributed by atoms with Crippen molar-refractivity contribution in [1.82, 2.24) is 10.0 Å². The third kappa shape index (κ3) is 51.8. The maximum absolute atomic E-state index is 10.1. The van der Waals surface area contributed by atoms with Gasteiger partial charge in [0, 0.05) is 16.1 Å². The maximum atomic E-state index is 10.1. The standard InChI is InChI=1S/C4H8O.C3H7NO3S.C2H7N/c1-3-4(2)5;1-3(5)4-8(2,6)7;1-3-2/h3H2,1-2H3;1-2H3,(H,4,5);3H,1-2H3/i;;1T2. The molecule has 6 nitrogen and oxygen atoms in total. The predicted molar refractivity (Wildman–Crippen MR) is 64.6 cm³/mol. The zero-order chi connectivity index (χ0) is 15.4. The molecule has 0 fully saturated rings. The monoisotopic (exact) mass is 258 g/mol. The highest BCUT2D eigenvalue weighted by atomic mass is 32.2. The Bertz CT molecular complexity index is 331. The first-order valence-corrected chi connectivity index (χ1v) is 6.34. The number of nitrogens with one attached hydrogen (secondary N) is 2. The van der Waals surface area contributed by atoms with Crippen LogP contribution in [0.1, 0.15) is 29.9 Å². The number of carbonyl (C=O) groups is 2. The van der Waals surface area contributed by atoms with Gasteiger partial charge in [-0.05, 0) is 21.0 Å². The maximum Gasteiger partial charge on any atom is 0.231 e. The third-order valence-electron chi connectivity index (χ3n) is 0.827. The molecular weight excluding hydrogens is 232 g/mol. The van der Waals surface area contributed by atoms with Crippen molar-refractivity contribution in [1.29, 1.82) is 0 Å². The van der Waals surface area contributed by atoms with Crippen LogP contribution in [0.2, 0.25) is 0 Å². The Kier molecular flexibility index (Phi) is 11.4. The van der Waals surface area contributed by atoms with Crippen LogP contribution in [-0.4, -0.2) is 40.4 Å². The van der Waals surface area contributed by atoms with Gasteiger partial charge in [0.15, 0.2) is 0 Å². The Morgan fingerprint density at radius 1 is 1.31 bits per heavy atom. The number of Topliss-reactive ketones (excluding diaryl/α,β-unsaturated/α-hetero) is 1. The fourth-order valence-electron chi connectivity index (χ4n) is 0.261. The van der Waals surface area contributed by atoms with Crippen molar-refractivity contribution in [2.75, 3.05) is 20.3 Å². The Morgan fingerprint density at radius 3 is 1.62 bits per heavy atom. The van der Waals surface area contributed by atoms with Gasteiger partial charge >= 0.3 is 0 Å². The molecule has 0 aliphatic carbocycles. The number of hydrogen-bond donors (Lipinski definition) is 2. The second-order valence-electron chi connectivity index (χ2n) is 2.77. The van der Waals surface area contributed by atoms with Gasteiger partial charge in [-0.15, -0.1) is 0 Å². The van der Waals surface area contributed by atoms with Crippen molar-refractivity contribution in [2.24, 2.45) is 0 Å². The number of hydrogen-bond acceptors (Lipinski definition) is 5. The minimum atomic E-state index is -3.32. The molecule has 0 spiro atoms. The highest BCUT2D eigenvalue weighted by Crippen LogP contribution is 1.71. The fraction of sp³-hybridized carbons (Fsp3) is 0.778. The fourth-order valence-corrected chi connectivity index (χ4v) is 0.783. The largest absolute Gasteiger partial charge is 0.323 e. The van der Waals surface area contributed by atoms with Crippen LogP contribution in [0.4, 0.5) is 0 Å². The van der Waals surface area contributed by atoms with Crippen molar-refractivity contribution in [3.63, 3.8) is 0 Å². The van der Waals surface area contributed by atoms with E-state index in [4.69, 9.17) is 2.74 Å². The summed E-state index contributed by atoms with van der Waals surface area (Å²) in [6.45, 7) is 3.71. The molecule has 0 heterocycles. The van der Waals surface area contributed by atoms with E-state index in [9.17, 15) is 18.0 Å². The molecule has 16 heavy (non-hydrogen) atoms. The van der Waals surface area contributed by atoms with Gasteiger partial charge in [0.25, 0.3) is 0 Å². The first-order chi connectivity index (χ1) is 7.96. The van der Waals surface area contributed by atoms with Crippen LogP contribution < -0.4 is 10.0 Å². The van der Waals surface area contributed by atoms with Crippen LogP contribution in [0.25, 0.3) is 0 Å². The summed E-state index contributed by atoms with van der Waals surface area (Å²) in [4.78, 5) is 19.8. The number of rotatable bonds is 2. The summed E-state index contributed by atoms with van der Waals surface area (Å²) >= 11 is 0. The van der Waals surface area contributed by atoms with Gasteiger partial charge in [0.05, 0.1) is 6.26 Å². The normalized spacial score (nSPS) is 10.9. The van der Waals surface area contributed by atoms with E-state index in [1.807, 2.05) is 6.92 Å². The van der Waals surface area contributed by atoms with Gasteiger partial charge in [0.1, 0.15) is 5.78 Å². The summed E-state index contributed by atoms with van der Waals surface area (Å²) in [5.74, 6) is -0.308. The molecule has 0 atom stereocenters. The van der Waals surface area contributed by atoms with Crippen LogP contribution >= 0.6 is 0 Å².